The summed E-state index contributed by atoms with van der Waals surface area (Å²) < 4.78 is 8.03. The minimum Gasteiger partial charge on any atom is -0.489 e. The molecule has 0 unspecified atom stereocenters. The number of nitrogens with zero attached hydrogens (tertiary/aromatic N) is 4. The van der Waals surface area contributed by atoms with Gasteiger partial charge in [-0.15, -0.1) is 0 Å². The quantitative estimate of drug-likeness (QED) is 0.367. The van der Waals surface area contributed by atoms with Crippen LogP contribution in [-0.2, 0) is 5.41 Å². The minimum atomic E-state index is -0.380. The monoisotopic (exact) mass is 482 g/mol. The summed E-state index contributed by atoms with van der Waals surface area (Å²) >= 11 is 3.43. The van der Waals surface area contributed by atoms with Gasteiger partial charge in [0.2, 0.25) is 0 Å². The molecule has 0 saturated carbocycles. The van der Waals surface area contributed by atoms with Gasteiger partial charge in [0.1, 0.15) is 18.2 Å². The fourth-order valence-corrected chi connectivity index (χ4v) is 3.40. The molecule has 0 spiro atoms. The second-order valence-corrected chi connectivity index (χ2v) is 9.34. The Morgan fingerprint density at radius 2 is 1.97 bits per heavy atom. The van der Waals surface area contributed by atoms with E-state index in [2.05, 4.69) is 27.6 Å². The first-order chi connectivity index (χ1) is 14.6. The van der Waals surface area contributed by atoms with Gasteiger partial charge in [-0.25, -0.2) is 4.98 Å². The van der Waals surface area contributed by atoms with Crippen LogP contribution >= 0.6 is 15.9 Å². The summed E-state index contributed by atoms with van der Waals surface area (Å²) in [6.07, 6.45) is 3.33. The minimum absolute atomic E-state index is 0.217. The molecule has 0 radical (unpaired) electrons. The van der Waals surface area contributed by atoms with Crippen molar-refractivity contribution in [3.05, 3.63) is 75.3 Å². The zero-order valence-electron chi connectivity index (χ0n) is 18.5. The summed E-state index contributed by atoms with van der Waals surface area (Å²) in [4.78, 5) is 20.0. The third-order valence-corrected chi connectivity index (χ3v) is 5.15. The van der Waals surface area contributed by atoms with Crippen LogP contribution in [0.2, 0.25) is 0 Å². The summed E-state index contributed by atoms with van der Waals surface area (Å²) in [6.45, 7) is 10.1. The van der Waals surface area contributed by atoms with Gasteiger partial charge < -0.3 is 9.64 Å². The highest BCUT2D eigenvalue weighted by atomic mass is 79.9. The first kappa shape index (κ1) is 22.7. The predicted octanol–water partition coefficient (Wildman–Crippen LogP) is 4.97. The Labute approximate surface area is 191 Å². The number of fused-ring (bicyclic) bond motifs is 1. The molecule has 0 aliphatic heterocycles. The molecule has 0 N–H and O–H groups in total. The van der Waals surface area contributed by atoms with Crippen LogP contribution < -0.4 is 15.2 Å². The van der Waals surface area contributed by atoms with Crippen LogP contribution in [0.25, 0.3) is 10.9 Å². The Morgan fingerprint density at radius 3 is 2.61 bits per heavy atom. The van der Waals surface area contributed by atoms with E-state index in [-0.39, 0.29) is 11.0 Å². The van der Waals surface area contributed by atoms with E-state index in [1.807, 2.05) is 70.1 Å². The number of benzene rings is 2. The molecular formula is C24H27BrN4O2. The van der Waals surface area contributed by atoms with E-state index in [4.69, 9.17) is 9.72 Å². The van der Waals surface area contributed by atoms with Crippen molar-refractivity contribution in [3.8, 4) is 5.75 Å². The van der Waals surface area contributed by atoms with Crippen molar-refractivity contribution < 1.29 is 4.74 Å². The molecule has 31 heavy (non-hydrogen) atoms. The summed E-state index contributed by atoms with van der Waals surface area (Å²) in [5.41, 5.74) is 1.81. The molecule has 1 aromatic heterocycles. The van der Waals surface area contributed by atoms with E-state index in [1.165, 1.54) is 4.68 Å². The van der Waals surface area contributed by atoms with Crippen LogP contribution in [0.4, 0.5) is 5.69 Å². The standard InChI is InChI=1S/C24H27BrN4O2/c1-7-12-31-21-14-18(28(5)6)10-8-16(21)15-26-29-22(30)19-13-17(25)9-11-20(19)27-23(29)24(2,3)4/h7-11,13-15H,1,12H2,2-6H3. The number of hydrogen-bond acceptors (Lipinski definition) is 5. The van der Waals surface area contributed by atoms with Gasteiger partial charge >= 0.3 is 0 Å². The molecule has 3 rings (SSSR count). The van der Waals surface area contributed by atoms with Crippen molar-refractivity contribution in [1.82, 2.24) is 9.66 Å². The molecule has 7 heteroatoms. The predicted molar refractivity (Wildman–Crippen MR) is 132 cm³/mol. The van der Waals surface area contributed by atoms with E-state index >= 15 is 0 Å². The van der Waals surface area contributed by atoms with E-state index in [0.29, 0.717) is 29.1 Å². The largest absolute Gasteiger partial charge is 0.489 e. The van der Waals surface area contributed by atoms with Crippen molar-refractivity contribution in [2.75, 3.05) is 25.6 Å². The van der Waals surface area contributed by atoms with Crippen molar-refractivity contribution in [3.63, 3.8) is 0 Å². The molecule has 6 nitrogen and oxygen atoms in total. The maximum Gasteiger partial charge on any atom is 0.282 e. The molecule has 0 aliphatic rings. The second kappa shape index (κ2) is 9.06. The van der Waals surface area contributed by atoms with Crippen LogP contribution in [0.3, 0.4) is 0 Å². The molecule has 3 aromatic rings. The molecule has 1 heterocycles. The lowest BCUT2D eigenvalue weighted by Gasteiger charge is -2.21. The number of ether oxygens (including phenoxy) is 1. The molecule has 0 fully saturated rings. The van der Waals surface area contributed by atoms with Gasteiger partial charge in [0.25, 0.3) is 5.56 Å². The molecule has 0 bridgehead atoms. The number of hydrogen-bond donors (Lipinski definition) is 0. The summed E-state index contributed by atoms with van der Waals surface area (Å²) in [6, 6.07) is 11.3. The van der Waals surface area contributed by atoms with Crippen LogP contribution in [0.1, 0.15) is 32.2 Å². The second-order valence-electron chi connectivity index (χ2n) is 8.42. The highest BCUT2D eigenvalue weighted by Gasteiger charge is 2.23. The topological polar surface area (TPSA) is 59.7 Å². The van der Waals surface area contributed by atoms with Crippen LogP contribution in [0, 0.1) is 0 Å². The Hall–Kier alpha value is -2.93. The average molecular weight is 483 g/mol. The highest BCUT2D eigenvalue weighted by Crippen LogP contribution is 2.25. The third kappa shape index (κ3) is 5.05. The molecule has 2 aromatic carbocycles. The first-order valence-electron chi connectivity index (χ1n) is 9.94. The fraction of sp³-hybridized carbons (Fsp3) is 0.292. The first-order valence-corrected chi connectivity index (χ1v) is 10.7. The summed E-state index contributed by atoms with van der Waals surface area (Å²) in [5, 5.41) is 5.05. The van der Waals surface area contributed by atoms with E-state index in [1.54, 1.807) is 18.4 Å². The van der Waals surface area contributed by atoms with Crippen molar-refractivity contribution in [2.45, 2.75) is 26.2 Å². The normalized spacial score (nSPS) is 11.8. The Kier molecular flexibility index (Phi) is 6.65. The zero-order valence-corrected chi connectivity index (χ0v) is 20.1. The van der Waals surface area contributed by atoms with Gasteiger partial charge in [0.15, 0.2) is 0 Å². The van der Waals surface area contributed by atoms with Crippen molar-refractivity contribution in [2.24, 2.45) is 5.10 Å². The van der Waals surface area contributed by atoms with E-state index in [9.17, 15) is 4.79 Å². The van der Waals surface area contributed by atoms with Crippen LogP contribution in [0.15, 0.2) is 63.4 Å². The number of halogens is 1. The summed E-state index contributed by atoms with van der Waals surface area (Å²) in [7, 11) is 3.93. The third-order valence-electron chi connectivity index (χ3n) is 4.66. The maximum atomic E-state index is 13.3. The molecule has 0 saturated heterocycles. The Bertz CT molecular complexity index is 1210. The SMILES string of the molecule is C=CCOc1cc(N(C)C)ccc1C=Nn1c(C(C)(C)C)nc2ccc(Br)cc2c1=O. The van der Waals surface area contributed by atoms with Crippen molar-refractivity contribution in [1.29, 1.82) is 0 Å². The van der Waals surface area contributed by atoms with E-state index < -0.39 is 0 Å². The lowest BCUT2D eigenvalue weighted by atomic mass is 9.95. The smallest absolute Gasteiger partial charge is 0.282 e. The lowest BCUT2D eigenvalue weighted by molar-refractivity contribution is 0.363. The van der Waals surface area contributed by atoms with Gasteiger partial charge in [-0.2, -0.15) is 9.78 Å². The highest BCUT2D eigenvalue weighted by molar-refractivity contribution is 9.10. The fourth-order valence-electron chi connectivity index (χ4n) is 3.04. The number of anilines is 1. The average Bonchev–Trinajstić information content (AvgIpc) is 2.71. The van der Waals surface area contributed by atoms with Gasteiger partial charge in [-0.05, 0) is 30.3 Å². The molecule has 162 valence electrons. The maximum absolute atomic E-state index is 13.3. The summed E-state index contributed by atoms with van der Waals surface area (Å²) in [5.74, 6) is 1.25. The van der Waals surface area contributed by atoms with E-state index in [0.717, 1.165) is 15.7 Å². The van der Waals surface area contributed by atoms with Gasteiger partial charge in [-0.3, -0.25) is 4.79 Å². The molecule has 0 amide bonds. The van der Waals surface area contributed by atoms with Crippen molar-refractivity contribution >= 4 is 38.7 Å². The molecule has 0 aliphatic carbocycles. The lowest BCUT2D eigenvalue weighted by Crippen LogP contribution is -2.29. The van der Waals surface area contributed by atoms with Gasteiger partial charge in [-0.1, -0.05) is 49.4 Å². The number of aromatic nitrogens is 2. The molecule has 0 atom stereocenters. The van der Waals surface area contributed by atoms with Gasteiger partial charge in [0, 0.05) is 41.3 Å². The van der Waals surface area contributed by atoms with Crippen LogP contribution in [-0.4, -0.2) is 36.6 Å². The Morgan fingerprint density at radius 1 is 1.23 bits per heavy atom. The van der Waals surface area contributed by atoms with Crippen LogP contribution in [0.5, 0.6) is 5.75 Å². The molecular weight excluding hydrogens is 456 g/mol. The van der Waals surface area contributed by atoms with Gasteiger partial charge in [0.05, 0.1) is 17.1 Å². The Balaban J connectivity index is 2.17. The zero-order chi connectivity index (χ0) is 22.8. The number of rotatable bonds is 6.